The lowest BCUT2D eigenvalue weighted by atomic mass is 10.2. The van der Waals surface area contributed by atoms with Crippen molar-refractivity contribution in [2.75, 3.05) is 12.4 Å². The topological polar surface area (TPSA) is 89.0 Å². The molecule has 0 radical (unpaired) electrons. The lowest BCUT2D eigenvalue weighted by Gasteiger charge is -2.11. The molecule has 0 aliphatic rings. The van der Waals surface area contributed by atoms with E-state index in [1.807, 2.05) is 5.43 Å². The van der Waals surface area contributed by atoms with Crippen LogP contribution in [0.25, 0.3) is 0 Å². The van der Waals surface area contributed by atoms with Crippen LogP contribution in [0, 0.1) is 5.82 Å². The molecule has 2 amide bonds. The highest BCUT2D eigenvalue weighted by Gasteiger charge is 2.30. The van der Waals surface area contributed by atoms with Crippen LogP contribution in [-0.4, -0.2) is 25.1 Å². The minimum atomic E-state index is -4.51. The molecular weight excluding hydrogens is 470 g/mol. The second-order valence-electron chi connectivity index (χ2n) is 7.02. The molecule has 0 bridgehead atoms. The number of carbonyl (C=O) groups is 2. The maximum absolute atomic E-state index is 13.7. The smallest absolute Gasteiger partial charge is 0.416 e. The van der Waals surface area contributed by atoms with E-state index in [-0.39, 0.29) is 12.3 Å². The summed E-state index contributed by atoms with van der Waals surface area (Å²) in [6, 6.07) is 14.5. The maximum Gasteiger partial charge on any atom is 0.416 e. The zero-order valence-corrected chi connectivity index (χ0v) is 18.2. The van der Waals surface area contributed by atoms with Gasteiger partial charge in [-0.1, -0.05) is 18.2 Å². The third-order valence-electron chi connectivity index (χ3n) is 4.58. The summed E-state index contributed by atoms with van der Waals surface area (Å²) in [7, 11) is 1.42. The second-order valence-corrected chi connectivity index (χ2v) is 7.02. The second kappa shape index (κ2) is 11.1. The number of hydrazone groups is 1. The number of hydrogen-bond donors (Lipinski definition) is 2. The minimum Gasteiger partial charge on any atom is -0.493 e. The van der Waals surface area contributed by atoms with Gasteiger partial charge in [0.05, 0.1) is 18.9 Å². The predicted octanol–water partition coefficient (Wildman–Crippen LogP) is 4.52. The van der Waals surface area contributed by atoms with Gasteiger partial charge in [0, 0.05) is 11.3 Å². The van der Waals surface area contributed by atoms with E-state index in [2.05, 4.69) is 10.4 Å². The fourth-order valence-corrected chi connectivity index (χ4v) is 2.80. The van der Waals surface area contributed by atoms with E-state index >= 15 is 0 Å². The van der Waals surface area contributed by atoms with Gasteiger partial charge in [-0.05, 0) is 54.1 Å². The summed E-state index contributed by atoms with van der Waals surface area (Å²) in [5, 5.41) is 5.85. The first-order valence-electron chi connectivity index (χ1n) is 10.0. The Hall–Kier alpha value is -4.41. The van der Waals surface area contributed by atoms with Crippen LogP contribution in [0.1, 0.15) is 16.7 Å². The van der Waals surface area contributed by atoms with Gasteiger partial charge < -0.3 is 14.8 Å². The molecule has 0 spiro atoms. The average Bonchev–Trinajstić information content (AvgIpc) is 2.83. The number of carbonyl (C=O) groups excluding carboxylic acids is 2. The number of halogens is 4. The SMILES string of the molecule is COc1cc(/C=N/NC(=O)C(=O)Nc2ccc(C(F)(F)F)cc2)ccc1OCc1ccccc1F. The van der Waals surface area contributed by atoms with Crippen molar-refractivity contribution in [1.82, 2.24) is 5.43 Å². The number of amides is 2. The lowest BCUT2D eigenvalue weighted by Crippen LogP contribution is -2.32. The van der Waals surface area contributed by atoms with Crippen molar-refractivity contribution in [2.24, 2.45) is 5.10 Å². The molecule has 2 N–H and O–H groups in total. The van der Waals surface area contributed by atoms with Crippen LogP contribution in [0.2, 0.25) is 0 Å². The summed E-state index contributed by atoms with van der Waals surface area (Å²) in [5.74, 6) is -1.95. The molecule has 0 aromatic heterocycles. The van der Waals surface area contributed by atoms with E-state index in [0.29, 0.717) is 22.6 Å². The molecule has 0 aliphatic carbocycles. The van der Waals surface area contributed by atoms with E-state index in [9.17, 15) is 27.2 Å². The van der Waals surface area contributed by atoms with Crippen LogP contribution in [-0.2, 0) is 22.4 Å². The van der Waals surface area contributed by atoms with Crippen LogP contribution in [0.5, 0.6) is 11.5 Å². The summed E-state index contributed by atoms with van der Waals surface area (Å²) >= 11 is 0. The molecular formula is C24H19F4N3O4. The highest BCUT2D eigenvalue weighted by atomic mass is 19.4. The molecule has 35 heavy (non-hydrogen) atoms. The Morgan fingerprint density at radius 2 is 1.69 bits per heavy atom. The Morgan fingerprint density at radius 1 is 0.971 bits per heavy atom. The number of nitrogens with zero attached hydrogens (tertiary/aromatic N) is 1. The Kier molecular flexibility index (Phi) is 8.03. The van der Waals surface area contributed by atoms with Crippen molar-refractivity contribution in [3.05, 3.63) is 89.2 Å². The molecule has 7 nitrogen and oxygen atoms in total. The number of hydrogen-bond acceptors (Lipinski definition) is 5. The molecule has 0 saturated carbocycles. The fourth-order valence-electron chi connectivity index (χ4n) is 2.80. The van der Waals surface area contributed by atoms with Crippen LogP contribution in [0.3, 0.4) is 0 Å². The maximum atomic E-state index is 13.7. The molecule has 0 atom stereocenters. The zero-order chi connectivity index (χ0) is 25.4. The quantitative estimate of drug-likeness (QED) is 0.221. The van der Waals surface area contributed by atoms with Gasteiger partial charge in [-0.3, -0.25) is 9.59 Å². The van der Waals surface area contributed by atoms with Gasteiger partial charge in [0.2, 0.25) is 0 Å². The molecule has 0 aliphatic heterocycles. The van der Waals surface area contributed by atoms with Crippen LogP contribution >= 0.6 is 0 Å². The summed E-state index contributed by atoms with van der Waals surface area (Å²) < 4.78 is 62.4. The third kappa shape index (κ3) is 7.03. The van der Waals surface area contributed by atoms with Crippen molar-refractivity contribution in [1.29, 1.82) is 0 Å². The molecule has 0 fully saturated rings. The van der Waals surface area contributed by atoms with Crippen LogP contribution < -0.4 is 20.2 Å². The Labute approximate surface area is 197 Å². The molecule has 0 unspecified atom stereocenters. The van der Waals surface area contributed by atoms with Crippen LogP contribution in [0.15, 0.2) is 71.8 Å². The Bertz CT molecular complexity index is 1230. The van der Waals surface area contributed by atoms with E-state index in [0.717, 1.165) is 24.3 Å². The van der Waals surface area contributed by atoms with Crippen molar-refractivity contribution < 1.29 is 36.6 Å². The number of nitrogens with one attached hydrogen (secondary N) is 2. The number of anilines is 1. The monoisotopic (exact) mass is 489 g/mol. The van der Waals surface area contributed by atoms with E-state index in [1.165, 1.54) is 19.4 Å². The molecule has 0 saturated heterocycles. The Morgan fingerprint density at radius 3 is 2.34 bits per heavy atom. The number of methoxy groups -OCH3 is 1. The number of ether oxygens (including phenoxy) is 2. The summed E-state index contributed by atoms with van der Waals surface area (Å²) in [6.07, 6.45) is -3.27. The van der Waals surface area contributed by atoms with Gasteiger partial charge in [-0.25, -0.2) is 9.82 Å². The molecule has 3 aromatic rings. The first-order valence-corrected chi connectivity index (χ1v) is 10.0. The van der Waals surface area contributed by atoms with Crippen molar-refractivity contribution in [2.45, 2.75) is 12.8 Å². The molecule has 3 aromatic carbocycles. The van der Waals surface area contributed by atoms with Crippen molar-refractivity contribution in [3.63, 3.8) is 0 Å². The van der Waals surface area contributed by atoms with E-state index < -0.39 is 29.4 Å². The minimum absolute atomic E-state index is 0.0119. The fraction of sp³-hybridized carbons (Fsp3) is 0.125. The molecule has 0 heterocycles. The highest BCUT2D eigenvalue weighted by Crippen LogP contribution is 2.30. The predicted molar refractivity (Wildman–Crippen MR) is 120 cm³/mol. The van der Waals surface area contributed by atoms with Gasteiger partial charge in [-0.15, -0.1) is 0 Å². The van der Waals surface area contributed by atoms with Gasteiger partial charge in [-0.2, -0.15) is 18.3 Å². The van der Waals surface area contributed by atoms with Crippen LogP contribution in [0.4, 0.5) is 23.2 Å². The zero-order valence-electron chi connectivity index (χ0n) is 18.2. The van der Waals surface area contributed by atoms with Crippen molar-refractivity contribution in [3.8, 4) is 11.5 Å². The lowest BCUT2D eigenvalue weighted by molar-refractivity contribution is -0.137. The Balaban J connectivity index is 1.55. The number of benzene rings is 3. The molecule has 182 valence electrons. The van der Waals surface area contributed by atoms with Gasteiger partial charge in [0.1, 0.15) is 12.4 Å². The van der Waals surface area contributed by atoms with Gasteiger partial charge >= 0.3 is 18.0 Å². The third-order valence-corrected chi connectivity index (χ3v) is 4.58. The molecule has 3 rings (SSSR count). The normalized spacial score (nSPS) is 11.2. The molecule has 11 heteroatoms. The van der Waals surface area contributed by atoms with E-state index in [4.69, 9.17) is 9.47 Å². The first-order chi connectivity index (χ1) is 16.7. The van der Waals surface area contributed by atoms with Crippen molar-refractivity contribution >= 4 is 23.7 Å². The first kappa shape index (κ1) is 25.2. The van der Waals surface area contributed by atoms with Gasteiger partial charge in [0.15, 0.2) is 11.5 Å². The summed E-state index contributed by atoms with van der Waals surface area (Å²) in [6.45, 7) is -0.0133. The highest BCUT2D eigenvalue weighted by molar-refractivity contribution is 6.39. The average molecular weight is 489 g/mol. The largest absolute Gasteiger partial charge is 0.493 e. The van der Waals surface area contributed by atoms with E-state index in [1.54, 1.807) is 36.4 Å². The number of alkyl halides is 3. The summed E-state index contributed by atoms with van der Waals surface area (Å²) in [4.78, 5) is 23.8. The van der Waals surface area contributed by atoms with Gasteiger partial charge in [0.25, 0.3) is 0 Å². The number of rotatable bonds is 7. The standard InChI is InChI=1S/C24H19F4N3O4/c1-34-21-12-15(6-11-20(21)35-14-16-4-2-3-5-19(16)25)13-29-31-23(33)22(32)30-18-9-7-17(8-10-18)24(26,27)28/h2-13H,14H2,1H3,(H,30,32)(H,31,33)/b29-13+. The summed E-state index contributed by atoms with van der Waals surface area (Å²) in [5.41, 5.74) is 2.00.